The van der Waals surface area contributed by atoms with E-state index < -0.39 is 5.97 Å². The average molecular weight is 482 g/mol. The maximum absolute atomic E-state index is 12.5. The Balaban J connectivity index is 0.00000256. The molecule has 0 atom stereocenters. The highest BCUT2D eigenvalue weighted by atomic mass is 35.5. The number of carbonyl (C=O) groups excluding carboxylic acids is 2. The molecule has 2 aromatic rings. The van der Waals surface area contributed by atoms with Crippen LogP contribution in [0.2, 0.25) is 0 Å². The summed E-state index contributed by atoms with van der Waals surface area (Å²) in [5, 5.41) is 14.3. The maximum atomic E-state index is 12.5. The van der Waals surface area contributed by atoms with Crippen molar-refractivity contribution in [3.05, 3.63) is 59.2 Å². The standard InChI is InChI=1S/C24H30N2O4.2ClH/c1-30-23-8-3-2-6-18(23)11-14-25-13-5-4-7-22(27)20-9-10-21-19(16-20)12-15-26(21)17-24(28)29;;/h2-3,6,8-10,16,25H,4-5,7,11-15,17H2,1H3,(H,28,29);2*1H/p-1. The lowest BCUT2D eigenvalue weighted by atomic mass is 10.0. The van der Waals surface area contributed by atoms with E-state index in [1.54, 1.807) is 18.1 Å². The number of hydrogen-bond acceptors (Lipinski definition) is 6. The van der Waals surface area contributed by atoms with E-state index >= 15 is 0 Å². The van der Waals surface area contributed by atoms with Crippen LogP contribution in [0.15, 0.2) is 42.5 Å². The predicted octanol–water partition coefficient (Wildman–Crippen LogP) is 2.84. The molecule has 32 heavy (non-hydrogen) atoms. The van der Waals surface area contributed by atoms with E-state index in [-0.39, 0.29) is 37.1 Å². The molecule has 176 valence electrons. The molecule has 0 aliphatic carbocycles. The zero-order valence-corrected chi connectivity index (χ0v) is 19.9. The zero-order valence-electron chi connectivity index (χ0n) is 18.3. The second-order valence-corrected chi connectivity index (χ2v) is 7.58. The number of unbranched alkanes of at least 4 members (excludes halogenated alkanes) is 1. The van der Waals surface area contributed by atoms with Crippen molar-refractivity contribution in [1.29, 1.82) is 0 Å². The summed E-state index contributed by atoms with van der Waals surface area (Å²) in [5.74, 6) is -0.0216. The average Bonchev–Trinajstić information content (AvgIpc) is 3.14. The van der Waals surface area contributed by atoms with Crippen LogP contribution in [0.4, 0.5) is 5.69 Å². The number of halogens is 2. The molecular formula is C24H31Cl2N2O4-. The van der Waals surface area contributed by atoms with Gasteiger partial charge in [-0.05, 0) is 74.2 Å². The van der Waals surface area contributed by atoms with E-state index in [1.165, 1.54) is 5.56 Å². The molecule has 0 saturated heterocycles. The van der Waals surface area contributed by atoms with Crippen molar-refractivity contribution in [2.24, 2.45) is 0 Å². The molecule has 1 N–H and O–H groups in total. The SMILES string of the molecule is COc1ccccc1CCNCCCCC(=O)c1ccc2c(c1)CCN2CC(=O)[O-].Cl.Cl. The summed E-state index contributed by atoms with van der Waals surface area (Å²) in [5.41, 5.74) is 3.85. The van der Waals surface area contributed by atoms with E-state index in [0.29, 0.717) is 18.5 Å². The minimum atomic E-state index is -1.08. The minimum Gasteiger partial charge on any atom is -0.548 e. The molecule has 0 spiro atoms. The number of ether oxygens (including phenoxy) is 1. The van der Waals surface area contributed by atoms with Crippen molar-refractivity contribution in [2.75, 3.05) is 38.2 Å². The number of rotatable bonds is 12. The van der Waals surface area contributed by atoms with Gasteiger partial charge in [0.15, 0.2) is 5.78 Å². The second kappa shape index (κ2) is 14.0. The number of carbonyl (C=O) groups is 2. The number of hydrogen-bond donors (Lipinski definition) is 1. The van der Waals surface area contributed by atoms with Crippen molar-refractivity contribution in [1.82, 2.24) is 5.32 Å². The predicted molar refractivity (Wildman–Crippen MR) is 130 cm³/mol. The largest absolute Gasteiger partial charge is 0.548 e. The highest BCUT2D eigenvalue weighted by Crippen LogP contribution is 2.29. The van der Waals surface area contributed by atoms with E-state index in [1.807, 2.05) is 30.3 Å². The Labute approximate surface area is 202 Å². The van der Waals surface area contributed by atoms with Gasteiger partial charge in [0, 0.05) is 24.2 Å². The monoisotopic (exact) mass is 481 g/mol. The van der Waals surface area contributed by atoms with Gasteiger partial charge in [-0.2, -0.15) is 0 Å². The van der Waals surface area contributed by atoms with Crippen molar-refractivity contribution in [2.45, 2.75) is 32.1 Å². The number of carboxylic acids is 1. The molecule has 0 amide bonds. The molecule has 0 bridgehead atoms. The van der Waals surface area contributed by atoms with Crippen LogP contribution in [0.25, 0.3) is 0 Å². The molecule has 0 radical (unpaired) electrons. The van der Waals surface area contributed by atoms with Gasteiger partial charge in [0.1, 0.15) is 5.75 Å². The van der Waals surface area contributed by atoms with Gasteiger partial charge >= 0.3 is 0 Å². The van der Waals surface area contributed by atoms with Crippen molar-refractivity contribution < 1.29 is 19.4 Å². The fraction of sp³-hybridized carbons (Fsp3) is 0.417. The Morgan fingerprint density at radius 1 is 1.09 bits per heavy atom. The number of benzene rings is 2. The number of aliphatic carboxylic acids is 1. The summed E-state index contributed by atoms with van der Waals surface area (Å²) in [6, 6.07) is 13.6. The first-order valence-corrected chi connectivity index (χ1v) is 10.5. The highest BCUT2D eigenvalue weighted by Gasteiger charge is 2.20. The third-order valence-corrected chi connectivity index (χ3v) is 5.48. The molecule has 2 aromatic carbocycles. The first-order chi connectivity index (χ1) is 14.6. The quantitative estimate of drug-likeness (QED) is 0.370. The molecule has 0 unspecified atom stereocenters. The van der Waals surface area contributed by atoms with Crippen molar-refractivity contribution in [3.8, 4) is 5.75 Å². The van der Waals surface area contributed by atoms with Gasteiger partial charge in [-0.15, -0.1) is 24.8 Å². The first-order valence-electron chi connectivity index (χ1n) is 10.5. The van der Waals surface area contributed by atoms with Gasteiger partial charge in [-0.25, -0.2) is 0 Å². The third-order valence-electron chi connectivity index (χ3n) is 5.48. The Bertz CT molecular complexity index is 892. The van der Waals surface area contributed by atoms with E-state index in [9.17, 15) is 14.7 Å². The van der Waals surface area contributed by atoms with Crippen LogP contribution >= 0.6 is 24.8 Å². The number of para-hydroxylation sites is 1. The fourth-order valence-corrected chi connectivity index (χ4v) is 3.90. The highest BCUT2D eigenvalue weighted by molar-refractivity contribution is 5.97. The Hall–Kier alpha value is -2.28. The molecule has 0 aromatic heterocycles. The Kier molecular flexibility index (Phi) is 12.1. The van der Waals surface area contributed by atoms with Crippen LogP contribution < -0.4 is 20.1 Å². The number of Topliss-reactive ketones (excluding diaryl/α,β-unsaturated/α-hetero) is 1. The summed E-state index contributed by atoms with van der Waals surface area (Å²) in [4.78, 5) is 25.1. The van der Waals surface area contributed by atoms with Crippen LogP contribution in [0.5, 0.6) is 5.75 Å². The van der Waals surface area contributed by atoms with Crippen LogP contribution in [0, 0.1) is 0 Å². The van der Waals surface area contributed by atoms with Crippen molar-refractivity contribution >= 4 is 42.3 Å². The Morgan fingerprint density at radius 2 is 1.88 bits per heavy atom. The molecule has 0 fully saturated rings. The topological polar surface area (TPSA) is 81.7 Å². The molecule has 0 saturated carbocycles. The molecular weight excluding hydrogens is 451 g/mol. The minimum absolute atomic E-state index is 0. The van der Waals surface area contributed by atoms with E-state index in [4.69, 9.17) is 4.74 Å². The van der Waals surface area contributed by atoms with Crippen LogP contribution in [0.3, 0.4) is 0 Å². The normalized spacial score (nSPS) is 11.8. The first kappa shape index (κ1) is 27.8. The van der Waals surface area contributed by atoms with Gasteiger partial charge in [-0.3, -0.25) is 4.79 Å². The van der Waals surface area contributed by atoms with Crippen LogP contribution in [0.1, 0.15) is 40.7 Å². The molecule has 6 nitrogen and oxygen atoms in total. The maximum Gasteiger partial charge on any atom is 0.162 e. The number of methoxy groups -OCH3 is 1. The van der Waals surface area contributed by atoms with Crippen LogP contribution in [-0.2, 0) is 17.6 Å². The van der Waals surface area contributed by atoms with Gasteiger partial charge in [0.2, 0.25) is 0 Å². The number of fused-ring (bicyclic) bond motifs is 1. The number of nitrogens with zero attached hydrogens (tertiary/aromatic N) is 1. The van der Waals surface area contributed by atoms with E-state index in [2.05, 4.69) is 11.4 Å². The smallest absolute Gasteiger partial charge is 0.162 e. The number of carboxylic acid groups (broad SMARTS) is 1. The molecule has 1 aliphatic heterocycles. The second-order valence-electron chi connectivity index (χ2n) is 7.58. The van der Waals surface area contributed by atoms with E-state index in [0.717, 1.165) is 55.8 Å². The van der Waals surface area contributed by atoms with Crippen LogP contribution in [-0.4, -0.2) is 45.0 Å². The summed E-state index contributed by atoms with van der Waals surface area (Å²) < 4.78 is 5.36. The molecule has 1 aliphatic rings. The van der Waals surface area contributed by atoms with Crippen molar-refractivity contribution in [3.63, 3.8) is 0 Å². The van der Waals surface area contributed by atoms with Gasteiger partial charge in [-0.1, -0.05) is 18.2 Å². The Morgan fingerprint density at radius 3 is 2.62 bits per heavy atom. The lowest BCUT2D eigenvalue weighted by molar-refractivity contribution is -0.303. The zero-order chi connectivity index (χ0) is 21.3. The number of ketones is 1. The summed E-state index contributed by atoms with van der Waals surface area (Å²) in [6.07, 6.45) is 3.99. The summed E-state index contributed by atoms with van der Waals surface area (Å²) in [6.45, 7) is 2.30. The van der Waals surface area contributed by atoms with Gasteiger partial charge < -0.3 is 24.9 Å². The lowest BCUT2D eigenvalue weighted by Gasteiger charge is -2.19. The summed E-state index contributed by atoms with van der Waals surface area (Å²) in [7, 11) is 1.69. The lowest BCUT2D eigenvalue weighted by Crippen LogP contribution is -2.37. The van der Waals surface area contributed by atoms with Gasteiger partial charge in [0.25, 0.3) is 0 Å². The molecule has 8 heteroatoms. The summed E-state index contributed by atoms with van der Waals surface area (Å²) >= 11 is 0. The number of nitrogens with one attached hydrogen (secondary N) is 1. The van der Waals surface area contributed by atoms with Gasteiger partial charge in [0.05, 0.1) is 19.6 Å². The third kappa shape index (κ3) is 7.69. The fourth-order valence-electron chi connectivity index (χ4n) is 3.90. The molecule has 3 rings (SSSR count). The number of anilines is 1. The molecule has 1 heterocycles.